The van der Waals surface area contributed by atoms with E-state index in [-0.39, 0.29) is 21.7 Å². The lowest BCUT2D eigenvalue weighted by molar-refractivity contribution is -0.146. The van der Waals surface area contributed by atoms with Crippen LogP contribution in [-0.2, 0) is 24.0 Å². The molecule has 0 fully saturated rings. The Morgan fingerprint density at radius 2 is 1.85 bits per heavy atom. The van der Waals surface area contributed by atoms with Crippen molar-refractivity contribution in [2.24, 2.45) is 0 Å². The molecule has 0 saturated heterocycles. The van der Waals surface area contributed by atoms with E-state index in [4.69, 9.17) is 4.28 Å². The minimum Gasteiger partial charge on any atom is -0.298 e. The lowest BCUT2D eigenvalue weighted by atomic mass is 10.1. The third-order valence-electron chi connectivity index (χ3n) is 3.78. The maximum absolute atomic E-state index is 12.4. The van der Waals surface area contributed by atoms with Crippen LogP contribution in [0.15, 0.2) is 65.6 Å². The van der Waals surface area contributed by atoms with Gasteiger partial charge in [-0.3, -0.25) is 9.59 Å². The molecule has 1 aromatic carbocycles. The smallest absolute Gasteiger partial charge is 0.298 e. The Morgan fingerprint density at radius 3 is 2.30 bits per heavy atom. The van der Waals surface area contributed by atoms with Crippen LogP contribution < -0.4 is 0 Å². The molecule has 8 heteroatoms. The molecule has 0 aliphatic rings. The number of amides is 1. The van der Waals surface area contributed by atoms with Crippen LogP contribution in [0.3, 0.4) is 0 Å². The molecular formula is C19H24NO5PS. The Morgan fingerprint density at radius 1 is 1.26 bits per heavy atom. The van der Waals surface area contributed by atoms with Gasteiger partial charge in [0.15, 0.2) is 6.29 Å². The molecule has 0 spiro atoms. The third-order valence-corrected chi connectivity index (χ3v) is 5.77. The summed E-state index contributed by atoms with van der Waals surface area (Å²) in [5, 5.41) is 0.544. The van der Waals surface area contributed by atoms with Gasteiger partial charge in [0.2, 0.25) is 0 Å². The molecule has 0 heterocycles. The second-order valence-corrected chi connectivity index (χ2v) is 8.02. The molecule has 6 nitrogen and oxygen atoms in total. The summed E-state index contributed by atoms with van der Waals surface area (Å²) in [5.74, 6) is -0.833. The van der Waals surface area contributed by atoms with Gasteiger partial charge in [-0.25, -0.2) is 5.06 Å². The van der Waals surface area contributed by atoms with Crippen molar-refractivity contribution in [1.82, 2.24) is 5.06 Å². The highest BCUT2D eigenvalue weighted by Crippen LogP contribution is 2.29. The van der Waals surface area contributed by atoms with Crippen molar-refractivity contribution in [3.8, 4) is 0 Å². The minimum absolute atomic E-state index is 0.0189. The van der Waals surface area contributed by atoms with Crippen LogP contribution in [0.25, 0.3) is 0 Å². The van der Waals surface area contributed by atoms with Crippen molar-refractivity contribution >= 4 is 31.6 Å². The van der Waals surface area contributed by atoms with Gasteiger partial charge in [0.25, 0.3) is 5.91 Å². The van der Waals surface area contributed by atoms with Gasteiger partial charge in [0.1, 0.15) is 0 Å². The number of hydroxylamine groups is 2. The second-order valence-electron chi connectivity index (χ2n) is 5.69. The predicted molar refractivity (Wildman–Crippen MR) is 108 cm³/mol. The fourth-order valence-corrected chi connectivity index (χ4v) is 3.78. The van der Waals surface area contributed by atoms with Crippen molar-refractivity contribution in [3.05, 3.63) is 66.3 Å². The summed E-state index contributed by atoms with van der Waals surface area (Å²) in [7, 11) is -0.343. The third kappa shape index (κ3) is 5.96. The van der Waals surface area contributed by atoms with E-state index in [2.05, 4.69) is 29.3 Å². The highest BCUT2D eigenvalue weighted by atomic mass is 32.2. The van der Waals surface area contributed by atoms with E-state index >= 15 is 0 Å². The summed E-state index contributed by atoms with van der Waals surface area (Å²) in [6.07, 6.45) is 4.72. The molecule has 0 aliphatic heterocycles. The summed E-state index contributed by atoms with van der Waals surface area (Å²) < 4.78 is 29.7. The molecule has 1 rings (SSSR count). The molecule has 0 saturated carbocycles. The monoisotopic (exact) mass is 409 g/mol. The van der Waals surface area contributed by atoms with E-state index in [1.807, 2.05) is 0 Å². The van der Waals surface area contributed by atoms with Crippen molar-refractivity contribution in [3.63, 3.8) is 0 Å². The first-order valence-corrected chi connectivity index (χ1v) is 10.3. The molecule has 0 aliphatic carbocycles. The van der Waals surface area contributed by atoms with Crippen LogP contribution in [0.4, 0.5) is 0 Å². The number of carbonyl (C=O) groups is 2. The molecule has 0 N–H and O–H groups in total. The number of likely N-dealkylation sites (N-methyl/N-ethyl adjacent to an activating group) is 1. The molecule has 1 amide bonds. The molecule has 2 unspecified atom stereocenters. The zero-order valence-electron chi connectivity index (χ0n) is 15.4. The van der Waals surface area contributed by atoms with Crippen LogP contribution in [-0.4, -0.2) is 32.7 Å². The Hall–Kier alpha value is -2.08. The van der Waals surface area contributed by atoms with Crippen LogP contribution in [0.5, 0.6) is 0 Å². The van der Waals surface area contributed by atoms with E-state index in [9.17, 15) is 18.0 Å². The van der Waals surface area contributed by atoms with Gasteiger partial charge in [-0.1, -0.05) is 50.8 Å². The zero-order valence-corrected chi connectivity index (χ0v) is 17.4. The van der Waals surface area contributed by atoms with Gasteiger partial charge in [0.05, 0.1) is 10.5 Å². The number of hydrogen-bond acceptors (Lipinski definition) is 5. The van der Waals surface area contributed by atoms with Crippen molar-refractivity contribution in [2.45, 2.75) is 30.3 Å². The Balaban J connectivity index is 3.04. The number of allylic oxidation sites excluding steroid dienone is 2. The van der Waals surface area contributed by atoms with E-state index in [1.165, 1.54) is 18.2 Å². The SMILES string of the molecule is C=C/C(C=O)=C(\C=C)C(=O)N(C)OS(=O)(=O)c1ccc(C(P)CCC)cc1. The fourth-order valence-electron chi connectivity index (χ4n) is 2.30. The first kappa shape index (κ1) is 23.0. The van der Waals surface area contributed by atoms with Crippen LogP contribution in [0, 0.1) is 0 Å². The van der Waals surface area contributed by atoms with E-state index in [0.717, 1.165) is 31.5 Å². The van der Waals surface area contributed by atoms with Crippen molar-refractivity contribution in [2.75, 3.05) is 7.05 Å². The van der Waals surface area contributed by atoms with Crippen LogP contribution in [0.1, 0.15) is 31.0 Å². The molecule has 146 valence electrons. The first-order valence-electron chi connectivity index (χ1n) is 8.24. The van der Waals surface area contributed by atoms with Gasteiger partial charge in [0, 0.05) is 12.6 Å². The highest BCUT2D eigenvalue weighted by Gasteiger charge is 2.24. The maximum atomic E-state index is 12.4. The number of hydrogen-bond donors (Lipinski definition) is 0. The summed E-state index contributed by atoms with van der Waals surface area (Å²) >= 11 is 0. The topological polar surface area (TPSA) is 80.8 Å². The molecule has 0 bridgehead atoms. The van der Waals surface area contributed by atoms with Gasteiger partial charge in [-0.15, -0.1) is 13.5 Å². The summed E-state index contributed by atoms with van der Waals surface area (Å²) in [6, 6.07) is 6.28. The number of aldehydes is 1. The number of benzene rings is 1. The Labute approximate surface area is 162 Å². The average molecular weight is 409 g/mol. The normalized spacial score (nSPS) is 13.3. The van der Waals surface area contributed by atoms with Crippen molar-refractivity contribution < 1.29 is 22.3 Å². The Kier molecular flexibility index (Phi) is 8.76. The largest absolute Gasteiger partial charge is 0.317 e. The molecular weight excluding hydrogens is 385 g/mol. The van der Waals surface area contributed by atoms with E-state index < -0.39 is 16.0 Å². The summed E-state index contributed by atoms with van der Waals surface area (Å²) in [5.41, 5.74) is 1.09. The molecule has 0 radical (unpaired) electrons. The summed E-state index contributed by atoms with van der Waals surface area (Å²) in [6.45, 7) is 8.96. The predicted octanol–water partition coefficient (Wildman–Crippen LogP) is 3.35. The number of nitrogens with zero attached hydrogens (tertiary/aromatic N) is 1. The van der Waals surface area contributed by atoms with E-state index in [0.29, 0.717) is 11.3 Å². The molecule has 0 aromatic heterocycles. The first-order chi connectivity index (χ1) is 12.7. The number of carbonyl (C=O) groups excluding carboxylic acids is 2. The maximum Gasteiger partial charge on any atom is 0.317 e. The average Bonchev–Trinajstić information content (AvgIpc) is 2.65. The lowest BCUT2D eigenvalue weighted by Gasteiger charge is -2.17. The zero-order chi connectivity index (χ0) is 20.6. The van der Waals surface area contributed by atoms with Gasteiger partial charge in [-0.2, -0.15) is 8.42 Å². The molecule has 27 heavy (non-hydrogen) atoms. The second kappa shape index (κ2) is 10.3. The molecule has 2 atom stereocenters. The van der Waals surface area contributed by atoms with Crippen molar-refractivity contribution in [1.29, 1.82) is 0 Å². The fraction of sp³-hybridized carbons (Fsp3) is 0.263. The minimum atomic E-state index is -4.21. The van der Waals surface area contributed by atoms with E-state index in [1.54, 1.807) is 12.1 Å². The summed E-state index contributed by atoms with van der Waals surface area (Å²) in [4.78, 5) is 23.3. The van der Waals surface area contributed by atoms with Crippen LogP contribution >= 0.6 is 9.24 Å². The van der Waals surface area contributed by atoms with Gasteiger partial charge in [-0.05, 0) is 29.8 Å². The lowest BCUT2D eigenvalue weighted by Crippen LogP contribution is -2.31. The molecule has 1 aromatic rings. The number of rotatable bonds is 10. The highest BCUT2D eigenvalue weighted by molar-refractivity contribution is 7.86. The Bertz CT molecular complexity index is 833. The standard InChI is InChI=1S/C19H24NO5PS/c1-5-8-18(26)15-9-11-16(12-10-15)27(23,24)25-20(4)19(22)17(7-3)14(6-2)13-21/h6-7,9-13,18H,2-3,5,8,26H2,1,4H3/b17-14-. The van der Waals surface area contributed by atoms with Gasteiger partial charge >= 0.3 is 10.1 Å². The van der Waals surface area contributed by atoms with Crippen LogP contribution in [0.2, 0.25) is 0 Å². The quantitative estimate of drug-likeness (QED) is 0.195. The van der Waals surface area contributed by atoms with Gasteiger partial charge < -0.3 is 0 Å².